The molecule has 0 radical (unpaired) electrons. The Morgan fingerprint density at radius 1 is 1.22 bits per heavy atom. The van der Waals surface area contributed by atoms with Crippen LogP contribution in [0.5, 0.6) is 5.75 Å². The first kappa shape index (κ1) is 22.1. The minimum Gasteiger partial charge on any atom is -0.481 e. The Morgan fingerprint density at radius 2 is 2.06 bits per heavy atom. The van der Waals surface area contributed by atoms with E-state index in [1.807, 2.05) is 31.2 Å². The summed E-state index contributed by atoms with van der Waals surface area (Å²) >= 11 is 18.6. The predicted molar refractivity (Wildman–Crippen MR) is 125 cm³/mol. The van der Waals surface area contributed by atoms with E-state index in [2.05, 4.69) is 20.7 Å². The number of aromatic nitrogens is 2. The van der Waals surface area contributed by atoms with Crippen LogP contribution in [0.15, 0.2) is 58.3 Å². The van der Waals surface area contributed by atoms with Crippen LogP contribution in [0.25, 0.3) is 22.2 Å². The summed E-state index contributed by atoms with van der Waals surface area (Å²) in [4.78, 5) is 16.6. The standard InChI is InChI=1S/C22H15Cl3N4O3/c1-12-3-2-4-13-7-14(22(25)28-20(12)13)10-26-29-19(30)11-31-21-16(18-5-6-27-32-18)8-15(23)9-17(21)24/h2-10H,11H2,1H3,(H,29,30)/b26-10+. The van der Waals surface area contributed by atoms with Gasteiger partial charge in [-0.25, -0.2) is 10.4 Å². The van der Waals surface area contributed by atoms with E-state index in [1.165, 1.54) is 18.5 Å². The van der Waals surface area contributed by atoms with Crippen molar-refractivity contribution in [2.75, 3.05) is 6.61 Å². The van der Waals surface area contributed by atoms with Crippen LogP contribution in [0, 0.1) is 6.92 Å². The molecule has 0 bridgehead atoms. The van der Waals surface area contributed by atoms with Crippen molar-refractivity contribution < 1.29 is 14.1 Å². The zero-order chi connectivity index (χ0) is 22.7. The summed E-state index contributed by atoms with van der Waals surface area (Å²) < 4.78 is 10.8. The molecule has 0 saturated heterocycles. The molecule has 0 fully saturated rings. The quantitative estimate of drug-likeness (QED) is 0.213. The van der Waals surface area contributed by atoms with Crippen LogP contribution in [-0.4, -0.2) is 28.9 Å². The van der Waals surface area contributed by atoms with Gasteiger partial charge in [0.05, 0.1) is 28.5 Å². The van der Waals surface area contributed by atoms with Gasteiger partial charge in [-0.15, -0.1) is 0 Å². The summed E-state index contributed by atoms with van der Waals surface area (Å²) in [6.45, 7) is 1.61. The molecular formula is C22H15Cl3N4O3. The molecule has 7 nitrogen and oxygen atoms in total. The van der Waals surface area contributed by atoms with Crippen LogP contribution in [0.3, 0.4) is 0 Å². The number of para-hydroxylation sites is 1. The highest BCUT2D eigenvalue weighted by Gasteiger charge is 2.16. The SMILES string of the molecule is Cc1cccc2cc(/C=N/NC(=O)COc3c(Cl)cc(Cl)cc3-c3ccno3)c(Cl)nc12. The highest BCUT2D eigenvalue weighted by atomic mass is 35.5. The first-order valence-electron chi connectivity index (χ1n) is 9.33. The molecule has 0 spiro atoms. The van der Waals surface area contributed by atoms with E-state index in [0.29, 0.717) is 21.9 Å². The second kappa shape index (κ2) is 9.56. The number of carbonyl (C=O) groups excluding carboxylic acids is 1. The lowest BCUT2D eigenvalue weighted by Gasteiger charge is -2.11. The van der Waals surface area contributed by atoms with E-state index in [4.69, 9.17) is 44.1 Å². The monoisotopic (exact) mass is 488 g/mol. The van der Waals surface area contributed by atoms with Crippen molar-refractivity contribution in [2.24, 2.45) is 5.10 Å². The van der Waals surface area contributed by atoms with Crippen LogP contribution >= 0.6 is 34.8 Å². The number of aryl methyl sites for hydroxylation is 1. The number of nitrogens with one attached hydrogen (secondary N) is 1. The molecule has 0 aliphatic heterocycles. The molecule has 0 aliphatic carbocycles. The van der Waals surface area contributed by atoms with Crippen molar-refractivity contribution in [3.05, 3.63) is 75.0 Å². The van der Waals surface area contributed by atoms with Crippen LogP contribution in [0.4, 0.5) is 0 Å². The van der Waals surface area contributed by atoms with Crippen molar-refractivity contribution in [3.63, 3.8) is 0 Å². The van der Waals surface area contributed by atoms with Gasteiger partial charge < -0.3 is 9.26 Å². The molecule has 1 N–H and O–H groups in total. The number of rotatable bonds is 6. The largest absolute Gasteiger partial charge is 0.481 e. The van der Waals surface area contributed by atoms with Crippen LogP contribution in [0.2, 0.25) is 15.2 Å². The van der Waals surface area contributed by atoms with Gasteiger partial charge in [-0.1, -0.05) is 58.2 Å². The highest BCUT2D eigenvalue weighted by Crippen LogP contribution is 2.38. The van der Waals surface area contributed by atoms with E-state index in [-0.39, 0.29) is 22.5 Å². The van der Waals surface area contributed by atoms with Gasteiger partial charge in [0.1, 0.15) is 10.9 Å². The zero-order valence-electron chi connectivity index (χ0n) is 16.6. The van der Waals surface area contributed by atoms with Gasteiger partial charge in [0.15, 0.2) is 12.4 Å². The molecule has 2 aromatic carbocycles. The fourth-order valence-corrected chi connectivity index (χ4v) is 3.76. The van der Waals surface area contributed by atoms with Gasteiger partial charge in [0.2, 0.25) is 0 Å². The molecule has 0 saturated carbocycles. The molecule has 10 heteroatoms. The lowest BCUT2D eigenvalue weighted by atomic mass is 10.1. The number of hydrazone groups is 1. The van der Waals surface area contributed by atoms with E-state index in [9.17, 15) is 4.79 Å². The molecule has 162 valence electrons. The lowest BCUT2D eigenvalue weighted by molar-refractivity contribution is -0.123. The molecule has 2 aromatic heterocycles. The van der Waals surface area contributed by atoms with E-state index < -0.39 is 5.91 Å². The Morgan fingerprint density at radius 3 is 2.84 bits per heavy atom. The van der Waals surface area contributed by atoms with Gasteiger partial charge in [-0.3, -0.25) is 4.79 Å². The van der Waals surface area contributed by atoms with Gasteiger partial charge in [-0.2, -0.15) is 5.10 Å². The summed E-state index contributed by atoms with van der Waals surface area (Å²) in [5.74, 6) is 0.136. The Hall–Kier alpha value is -3.13. The highest BCUT2D eigenvalue weighted by molar-refractivity contribution is 6.36. The van der Waals surface area contributed by atoms with Crippen molar-refractivity contribution in [1.29, 1.82) is 0 Å². The number of carbonyl (C=O) groups is 1. The van der Waals surface area contributed by atoms with Crippen LogP contribution in [0.1, 0.15) is 11.1 Å². The molecule has 1 amide bonds. The molecule has 4 rings (SSSR count). The third kappa shape index (κ3) is 4.85. The summed E-state index contributed by atoms with van der Waals surface area (Å²) in [7, 11) is 0. The Kier molecular flexibility index (Phi) is 6.60. The van der Waals surface area contributed by atoms with Crippen molar-refractivity contribution in [1.82, 2.24) is 15.6 Å². The van der Waals surface area contributed by atoms with Gasteiger partial charge >= 0.3 is 0 Å². The number of amides is 1. The molecule has 0 atom stereocenters. The zero-order valence-corrected chi connectivity index (χ0v) is 18.9. The number of benzene rings is 2. The minimum atomic E-state index is -0.503. The van der Waals surface area contributed by atoms with E-state index >= 15 is 0 Å². The molecule has 32 heavy (non-hydrogen) atoms. The average Bonchev–Trinajstić information content (AvgIpc) is 3.28. The third-order valence-electron chi connectivity index (χ3n) is 4.48. The molecule has 4 aromatic rings. The predicted octanol–water partition coefficient (Wildman–Crippen LogP) is 5.69. The van der Waals surface area contributed by atoms with Crippen molar-refractivity contribution >= 4 is 57.8 Å². The number of hydrogen-bond acceptors (Lipinski definition) is 6. The summed E-state index contributed by atoms with van der Waals surface area (Å²) in [6.07, 6.45) is 2.90. The van der Waals surface area contributed by atoms with Crippen LogP contribution in [-0.2, 0) is 4.79 Å². The summed E-state index contributed by atoms with van der Waals surface area (Å²) in [5.41, 5.74) is 5.26. The average molecular weight is 490 g/mol. The van der Waals surface area contributed by atoms with E-state index in [1.54, 1.807) is 12.1 Å². The fraction of sp³-hybridized carbons (Fsp3) is 0.0909. The molecule has 0 aliphatic rings. The second-order valence-electron chi connectivity index (χ2n) is 6.74. The maximum Gasteiger partial charge on any atom is 0.277 e. The first-order chi connectivity index (χ1) is 15.4. The number of pyridine rings is 1. The normalized spacial score (nSPS) is 11.2. The smallest absolute Gasteiger partial charge is 0.277 e. The second-order valence-corrected chi connectivity index (χ2v) is 7.94. The number of hydrogen-bond donors (Lipinski definition) is 1. The van der Waals surface area contributed by atoms with Gasteiger partial charge in [0.25, 0.3) is 5.91 Å². The molecular weight excluding hydrogens is 475 g/mol. The third-order valence-corrected chi connectivity index (χ3v) is 5.28. The maximum absolute atomic E-state index is 12.2. The van der Waals surface area contributed by atoms with Crippen LogP contribution < -0.4 is 10.2 Å². The lowest BCUT2D eigenvalue weighted by Crippen LogP contribution is -2.24. The number of ether oxygens (including phenoxy) is 1. The molecule has 0 unspecified atom stereocenters. The van der Waals surface area contributed by atoms with Gasteiger partial charge in [0, 0.05) is 22.0 Å². The summed E-state index contributed by atoms with van der Waals surface area (Å²) in [5, 5.41) is 9.42. The first-order valence-corrected chi connectivity index (χ1v) is 10.5. The Bertz CT molecular complexity index is 1320. The number of nitrogens with zero attached hydrogens (tertiary/aromatic N) is 3. The van der Waals surface area contributed by atoms with Crippen molar-refractivity contribution in [2.45, 2.75) is 6.92 Å². The minimum absolute atomic E-state index is 0.226. The van der Waals surface area contributed by atoms with E-state index in [0.717, 1.165) is 16.5 Å². The number of fused-ring (bicyclic) bond motifs is 1. The topological polar surface area (TPSA) is 89.6 Å². The van der Waals surface area contributed by atoms with Crippen molar-refractivity contribution in [3.8, 4) is 17.1 Å². The fourth-order valence-electron chi connectivity index (χ4n) is 3.02. The van der Waals surface area contributed by atoms with Gasteiger partial charge in [-0.05, 0) is 30.7 Å². The maximum atomic E-state index is 12.2. The Balaban J connectivity index is 1.44. The Labute approximate surface area is 197 Å². The molecule has 2 heterocycles. The summed E-state index contributed by atoms with van der Waals surface area (Å²) in [6, 6.07) is 12.4. The number of halogens is 3.